The van der Waals surface area contributed by atoms with Crippen molar-refractivity contribution in [3.63, 3.8) is 0 Å². The number of carboxylic acid groups (broad SMARTS) is 1. The minimum atomic E-state index is -0.741. The summed E-state index contributed by atoms with van der Waals surface area (Å²) in [6.07, 6.45) is 0.880. The zero-order valence-corrected chi connectivity index (χ0v) is 9.16. The van der Waals surface area contributed by atoms with E-state index in [4.69, 9.17) is 13.0 Å². The molecule has 1 aromatic rings. The second kappa shape index (κ2) is 5.01. The molecule has 2 radical (unpaired) electrons. The van der Waals surface area contributed by atoms with Crippen molar-refractivity contribution in [3.05, 3.63) is 29.3 Å². The van der Waals surface area contributed by atoms with E-state index < -0.39 is 5.97 Å². The minimum absolute atomic E-state index is 0.213. The normalized spacial score (nSPS) is 12.4. The first-order valence-corrected chi connectivity index (χ1v) is 5.08. The lowest BCUT2D eigenvalue weighted by molar-refractivity contribution is -0.137. The number of hydrogen-bond donors (Lipinski definition) is 1. The van der Waals surface area contributed by atoms with Crippen LogP contribution >= 0.6 is 0 Å². The molecule has 0 saturated carbocycles. The van der Waals surface area contributed by atoms with Gasteiger partial charge in [-0.3, -0.25) is 4.79 Å². The summed E-state index contributed by atoms with van der Waals surface area (Å²) in [4.78, 5) is 10.5. The second-order valence-corrected chi connectivity index (χ2v) is 3.95. The van der Waals surface area contributed by atoms with Crippen LogP contribution in [0.3, 0.4) is 0 Å². The molecular formula is C12H15BO2. The molecule has 0 saturated heterocycles. The first-order chi connectivity index (χ1) is 7.00. The molecule has 0 aromatic heterocycles. The van der Waals surface area contributed by atoms with Gasteiger partial charge in [0.1, 0.15) is 7.85 Å². The number of benzene rings is 1. The number of rotatable bonds is 4. The summed E-state index contributed by atoms with van der Waals surface area (Å²) >= 11 is 0. The summed E-state index contributed by atoms with van der Waals surface area (Å²) in [6.45, 7) is 4.05. The average molecular weight is 202 g/mol. The van der Waals surface area contributed by atoms with Crippen molar-refractivity contribution in [2.24, 2.45) is 0 Å². The van der Waals surface area contributed by atoms with Crippen LogP contribution in [0.15, 0.2) is 18.2 Å². The van der Waals surface area contributed by atoms with Gasteiger partial charge in [-0.05, 0) is 30.4 Å². The molecule has 15 heavy (non-hydrogen) atoms. The van der Waals surface area contributed by atoms with E-state index in [1.807, 2.05) is 32.0 Å². The lowest BCUT2D eigenvalue weighted by Crippen LogP contribution is -2.07. The van der Waals surface area contributed by atoms with E-state index in [0.717, 1.165) is 11.0 Å². The van der Waals surface area contributed by atoms with E-state index in [-0.39, 0.29) is 12.3 Å². The molecule has 2 nitrogen and oxygen atoms in total. The van der Waals surface area contributed by atoms with Crippen LogP contribution in [0.5, 0.6) is 0 Å². The molecule has 0 unspecified atom stereocenters. The topological polar surface area (TPSA) is 37.3 Å². The quantitative estimate of drug-likeness (QED) is 0.755. The maximum atomic E-state index is 10.5. The van der Waals surface area contributed by atoms with Crippen molar-refractivity contribution >= 4 is 19.3 Å². The Hall–Kier alpha value is -1.25. The zero-order valence-electron chi connectivity index (χ0n) is 9.16. The van der Waals surface area contributed by atoms with Gasteiger partial charge in [0, 0.05) is 6.42 Å². The van der Waals surface area contributed by atoms with Crippen LogP contribution in [0.4, 0.5) is 0 Å². The Labute approximate surface area is 91.7 Å². The van der Waals surface area contributed by atoms with Gasteiger partial charge in [0.15, 0.2) is 0 Å². The van der Waals surface area contributed by atoms with Gasteiger partial charge < -0.3 is 5.11 Å². The second-order valence-electron chi connectivity index (χ2n) is 3.95. The van der Waals surface area contributed by atoms with E-state index >= 15 is 0 Å². The van der Waals surface area contributed by atoms with Gasteiger partial charge in [0.05, 0.1) is 0 Å². The van der Waals surface area contributed by atoms with Crippen molar-refractivity contribution in [2.75, 3.05) is 0 Å². The summed E-state index contributed by atoms with van der Waals surface area (Å²) in [5.41, 5.74) is 3.07. The Balaban J connectivity index is 2.73. The molecule has 0 aliphatic rings. The van der Waals surface area contributed by atoms with E-state index in [0.29, 0.717) is 6.42 Å². The third kappa shape index (κ3) is 3.42. The minimum Gasteiger partial charge on any atom is -0.481 e. The van der Waals surface area contributed by atoms with Gasteiger partial charge in [-0.25, -0.2) is 0 Å². The Morgan fingerprint density at radius 2 is 2.20 bits per heavy atom. The molecule has 3 heteroatoms. The van der Waals surface area contributed by atoms with E-state index in [1.54, 1.807) is 0 Å². The van der Waals surface area contributed by atoms with Crippen molar-refractivity contribution in [2.45, 2.75) is 32.6 Å². The maximum Gasteiger partial charge on any atom is 0.303 e. The highest BCUT2D eigenvalue weighted by molar-refractivity contribution is 6.32. The van der Waals surface area contributed by atoms with Crippen molar-refractivity contribution < 1.29 is 9.90 Å². The molecule has 0 aliphatic carbocycles. The molecule has 0 aliphatic heterocycles. The highest BCUT2D eigenvalue weighted by Gasteiger charge is 2.10. The number of carboxylic acids is 1. The molecule has 1 atom stereocenters. The molecule has 1 N–H and O–H groups in total. The Morgan fingerprint density at radius 3 is 2.73 bits per heavy atom. The Bertz CT molecular complexity index is 361. The van der Waals surface area contributed by atoms with Gasteiger partial charge in [0.2, 0.25) is 0 Å². The summed E-state index contributed by atoms with van der Waals surface area (Å²) in [6, 6.07) is 5.77. The molecule has 0 bridgehead atoms. The fourth-order valence-corrected chi connectivity index (χ4v) is 1.75. The summed E-state index contributed by atoms with van der Waals surface area (Å²) < 4.78 is 0. The molecular weight excluding hydrogens is 187 g/mol. The number of aryl methyl sites for hydroxylation is 1. The van der Waals surface area contributed by atoms with Gasteiger partial charge in [-0.2, -0.15) is 0 Å². The third-order valence-electron chi connectivity index (χ3n) is 2.62. The largest absolute Gasteiger partial charge is 0.481 e. The monoisotopic (exact) mass is 202 g/mol. The van der Waals surface area contributed by atoms with Gasteiger partial charge >= 0.3 is 5.97 Å². The molecule has 0 spiro atoms. The predicted octanol–water partition coefficient (Wildman–Crippen LogP) is 1.76. The number of hydrogen-bond acceptors (Lipinski definition) is 1. The van der Waals surface area contributed by atoms with E-state index in [2.05, 4.69) is 0 Å². The molecule has 0 fully saturated rings. The molecule has 1 aromatic carbocycles. The smallest absolute Gasteiger partial charge is 0.303 e. The Kier molecular flexibility index (Phi) is 3.95. The molecule has 0 heterocycles. The predicted molar refractivity (Wildman–Crippen MR) is 61.9 cm³/mol. The summed E-state index contributed by atoms with van der Waals surface area (Å²) in [5, 5.41) is 8.60. The summed E-state index contributed by atoms with van der Waals surface area (Å²) in [5.74, 6) is -0.475. The molecule has 1 rings (SSSR count). The number of carbonyl (C=O) groups is 1. The highest BCUT2D eigenvalue weighted by atomic mass is 16.4. The van der Waals surface area contributed by atoms with Crippen LogP contribution in [-0.4, -0.2) is 18.9 Å². The van der Waals surface area contributed by atoms with Gasteiger partial charge in [-0.1, -0.05) is 30.6 Å². The van der Waals surface area contributed by atoms with Crippen LogP contribution in [0, 0.1) is 6.92 Å². The van der Waals surface area contributed by atoms with Crippen molar-refractivity contribution in [1.82, 2.24) is 0 Å². The maximum absolute atomic E-state index is 10.5. The summed E-state index contributed by atoms with van der Waals surface area (Å²) in [7, 11) is 5.66. The highest BCUT2D eigenvalue weighted by Crippen LogP contribution is 2.22. The Morgan fingerprint density at radius 1 is 1.53 bits per heavy atom. The molecule has 78 valence electrons. The van der Waals surface area contributed by atoms with E-state index in [1.165, 1.54) is 5.56 Å². The fourth-order valence-electron chi connectivity index (χ4n) is 1.75. The van der Waals surface area contributed by atoms with Crippen LogP contribution in [-0.2, 0) is 4.79 Å². The average Bonchev–Trinajstić information content (AvgIpc) is 2.14. The third-order valence-corrected chi connectivity index (χ3v) is 2.62. The molecule has 0 amide bonds. The van der Waals surface area contributed by atoms with Crippen LogP contribution < -0.4 is 5.46 Å². The van der Waals surface area contributed by atoms with Crippen LogP contribution in [0.25, 0.3) is 0 Å². The van der Waals surface area contributed by atoms with Crippen LogP contribution in [0.2, 0.25) is 0 Å². The standard InChI is InChI=1S/C12H15BO2/c1-8(3-6-12(14)15)11-5-4-10(13)7-9(11)2/h4-5,7-8H,3,6H2,1-2H3,(H,14,15)/t8-/m0/s1. The van der Waals surface area contributed by atoms with Crippen molar-refractivity contribution in [1.29, 1.82) is 0 Å². The lowest BCUT2D eigenvalue weighted by Gasteiger charge is -2.14. The number of aliphatic carboxylic acids is 1. The first-order valence-electron chi connectivity index (χ1n) is 5.08. The SMILES string of the molecule is [B]c1ccc([C@@H](C)CCC(=O)O)c(C)c1. The zero-order chi connectivity index (χ0) is 11.4. The van der Waals surface area contributed by atoms with Gasteiger partial charge in [-0.15, -0.1) is 0 Å². The van der Waals surface area contributed by atoms with Crippen LogP contribution in [0.1, 0.15) is 36.8 Å². The van der Waals surface area contributed by atoms with Crippen molar-refractivity contribution in [3.8, 4) is 0 Å². The first kappa shape index (κ1) is 11.8. The van der Waals surface area contributed by atoms with E-state index in [9.17, 15) is 4.79 Å². The lowest BCUT2D eigenvalue weighted by atomic mass is 9.87. The van der Waals surface area contributed by atoms with Gasteiger partial charge in [0.25, 0.3) is 0 Å². The fraction of sp³-hybridized carbons (Fsp3) is 0.417.